The van der Waals surface area contributed by atoms with Crippen LogP contribution >= 0.6 is 0 Å². The van der Waals surface area contributed by atoms with Gasteiger partial charge < -0.3 is 9.64 Å². The number of hydrogen-bond acceptors (Lipinski definition) is 2. The number of rotatable bonds is 2. The summed E-state index contributed by atoms with van der Waals surface area (Å²) in [6, 6.07) is 15.9. The van der Waals surface area contributed by atoms with E-state index in [1.54, 1.807) is 17.0 Å². The Labute approximate surface area is 129 Å². The van der Waals surface area contributed by atoms with Gasteiger partial charge in [-0.15, -0.1) is 0 Å². The zero-order valence-electron chi connectivity index (χ0n) is 12.4. The van der Waals surface area contributed by atoms with Crippen molar-refractivity contribution in [3.63, 3.8) is 0 Å². The summed E-state index contributed by atoms with van der Waals surface area (Å²) >= 11 is 0. The van der Waals surface area contributed by atoms with Crippen molar-refractivity contribution in [1.29, 1.82) is 0 Å². The first kappa shape index (κ1) is 14.7. The molecule has 2 aromatic rings. The minimum Gasteiger partial charge on any atom is -0.367 e. The van der Waals surface area contributed by atoms with Crippen LogP contribution in [0.5, 0.6) is 0 Å². The second kappa shape index (κ2) is 6.28. The van der Waals surface area contributed by atoms with Crippen LogP contribution < -0.4 is 0 Å². The van der Waals surface area contributed by atoms with E-state index in [9.17, 15) is 9.18 Å². The third-order valence-electron chi connectivity index (χ3n) is 3.82. The minimum absolute atomic E-state index is 0.0883. The fraction of sp³-hybridized carbons (Fsp3) is 0.278. The van der Waals surface area contributed by atoms with Crippen molar-refractivity contribution in [1.82, 2.24) is 4.90 Å². The summed E-state index contributed by atoms with van der Waals surface area (Å²) in [7, 11) is 0. The zero-order chi connectivity index (χ0) is 15.5. The van der Waals surface area contributed by atoms with Crippen molar-refractivity contribution in [2.24, 2.45) is 0 Å². The van der Waals surface area contributed by atoms with Crippen LogP contribution in [0.4, 0.5) is 4.39 Å². The van der Waals surface area contributed by atoms with Gasteiger partial charge in [0.2, 0.25) is 0 Å². The minimum atomic E-state index is -0.483. The summed E-state index contributed by atoms with van der Waals surface area (Å²) < 4.78 is 19.8. The van der Waals surface area contributed by atoms with E-state index >= 15 is 0 Å². The number of carbonyl (C=O) groups is 1. The van der Waals surface area contributed by atoms with Crippen molar-refractivity contribution in [3.8, 4) is 0 Å². The molecule has 0 saturated carbocycles. The Balaban J connectivity index is 1.82. The maximum atomic E-state index is 13.8. The average Bonchev–Trinajstić information content (AvgIpc) is 2.55. The van der Waals surface area contributed by atoms with E-state index in [0.717, 1.165) is 5.56 Å². The third-order valence-corrected chi connectivity index (χ3v) is 3.82. The average molecular weight is 299 g/mol. The van der Waals surface area contributed by atoms with Crippen molar-refractivity contribution >= 4 is 5.91 Å². The molecule has 0 N–H and O–H groups in total. The fourth-order valence-electron chi connectivity index (χ4n) is 2.77. The van der Waals surface area contributed by atoms with E-state index in [-0.39, 0.29) is 23.7 Å². The lowest BCUT2D eigenvalue weighted by Gasteiger charge is -2.37. The molecular weight excluding hydrogens is 281 g/mol. The van der Waals surface area contributed by atoms with Gasteiger partial charge in [0.05, 0.1) is 18.2 Å². The van der Waals surface area contributed by atoms with Gasteiger partial charge in [-0.05, 0) is 24.6 Å². The van der Waals surface area contributed by atoms with Crippen LogP contribution in [-0.4, -0.2) is 30.0 Å². The second-order valence-electron chi connectivity index (χ2n) is 5.54. The first-order chi connectivity index (χ1) is 10.6. The topological polar surface area (TPSA) is 29.5 Å². The van der Waals surface area contributed by atoms with Gasteiger partial charge in [-0.1, -0.05) is 42.5 Å². The van der Waals surface area contributed by atoms with Crippen LogP contribution in [0.3, 0.4) is 0 Å². The fourth-order valence-corrected chi connectivity index (χ4v) is 2.77. The van der Waals surface area contributed by atoms with Gasteiger partial charge in [0.25, 0.3) is 5.91 Å². The molecule has 1 aliphatic rings. The molecule has 1 aliphatic heterocycles. The molecule has 3 rings (SSSR count). The van der Waals surface area contributed by atoms with E-state index in [0.29, 0.717) is 13.1 Å². The molecule has 0 bridgehead atoms. The smallest absolute Gasteiger partial charge is 0.257 e. The molecule has 114 valence electrons. The van der Waals surface area contributed by atoms with Gasteiger partial charge in [-0.25, -0.2) is 4.39 Å². The lowest BCUT2D eigenvalue weighted by molar-refractivity contribution is -0.0692. The molecule has 1 saturated heterocycles. The summed E-state index contributed by atoms with van der Waals surface area (Å²) in [5, 5.41) is 0. The maximum Gasteiger partial charge on any atom is 0.257 e. The summed E-state index contributed by atoms with van der Waals surface area (Å²) in [5.74, 6) is -0.767. The summed E-state index contributed by atoms with van der Waals surface area (Å²) in [6.07, 6.45) is -0.268. The van der Waals surface area contributed by atoms with E-state index < -0.39 is 5.82 Å². The van der Waals surface area contributed by atoms with Gasteiger partial charge in [-0.3, -0.25) is 4.79 Å². The molecule has 0 aliphatic carbocycles. The van der Waals surface area contributed by atoms with Crippen LogP contribution in [-0.2, 0) is 4.74 Å². The Kier molecular flexibility index (Phi) is 4.20. The van der Waals surface area contributed by atoms with Gasteiger partial charge in [-0.2, -0.15) is 0 Å². The normalized spacial score (nSPS) is 21.6. The van der Waals surface area contributed by atoms with Gasteiger partial charge >= 0.3 is 0 Å². The molecular formula is C18H18FNO2. The van der Waals surface area contributed by atoms with Crippen LogP contribution in [0, 0.1) is 5.82 Å². The molecule has 0 radical (unpaired) electrons. The molecule has 1 fully saturated rings. The highest BCUT2D eigenvalue weighted by Gasteiger charge is 2.30. The summed E-state index contributed by atoms with van der Waals surface area (Å²) in [4.78, 5) is 14.2. The third kappa shape index (κ3) is 3.02. The molecule has 2 unspecified atom stereocenters. The SMILES string of the molecule is CC1CN(C(=O)c2ccccc2F)CC(c2ccccc2)O1. The molecule has 4 heteroatoms. The Morgan fingerprint density at radius 1 is 1.09 bits per heavy atom. The van der Waals surface area contributed by atoms with Crippen LogP contribution in [0.2, 0.25) is 0 Å². The van der Waals surface area contributed by atoms with E-state index in [1.165, 1.54) is 12.1 Å². The highest BCUT2D eigenvalue weighted by molar-refractivity contribution is 5.94. The van der Waals surface area contributed by atoms with E-state index in [4.69, 9.17) is 4.74 Å². The number of benzene rings is 2. The Morgan fingerprint density at radius 3 is 2.50 bits per heavy atom. The van der Waals surface area contributed by atoms with Crippen molar-refractivity contribution in [2.75, 3.05) is 13.1 Å². The molecule has 1 heterocycles. The molecule has 3 nitrogen and oxygen atoms in total. The second-order valence-corrected chi connectivity index (χ2v) is 5.54. The van der Waals surface area contributed by atoms with Gasteiger partial charge in [0.1, 0.15) is 11.9 Å². The van der Waals surface area contributed by atoms with E-state index in [1.807, 2.05) is 37.3 Å². The number of carbonyl (C=O) groups excluding carboxylic acids is 1. The predicted octanol–water partition coefficient (Wildman–Crippen LogP) is 3.43. The standard InChI is InChI=1S/C18H18FNO2/c1-13-11-20(18(21)15-9-5-6-10-16(15)19)12-17(22-13)14-7-3-2-4-8-14/h2-10,13,17H,11-12H2,1H3. The van der Waals surface area contributed by atoms with Crippen molar-refractivity contribution in [2.45, 2.75) is 19.1 Å². The maximum absolute atomic E-state index is 13.8. The molecule has 0 aromatic heterocycles. The zero-order valence-corrected chi connectivity index (χ0v) is 12.4. The Hall–Kier alpha value is -2.20. The number of halogens is 1. The lowest BCUT2D eigenvalue weighted by Crippen LogP contribution is -2.46. The number of ether oxygens (including phenoxy) is 1. The quantitative estimate of drug-likeness (QED) is 0.850. The first-order valence-corrected chi connectivity index (χ1v) is 7.39. The lowest BCUT2D eigenvalue weighted by atomic mass is 10.1. The number of nitrogens with zero attached hydrogens (tertiary/aromatic N) is 1. The largest absolute Gasteiger partial charge is 0.367 e. The van der Waals surface area contributed by atoms with Crippen LogP contribution in [0.1, 0.15) is 28.9 Å². The number of hydrogen-bond donors (Lipinski definition) is 0. The Bertz CT molecular complexity index is 659. The van der Waals surface area contributed by atoms with E-state index in [2.05, 4.69) is 0 Å². The summed E-state index contributed by atoms with van der Waals surface area (Å²) in [6.45, 7) is 2.83. The highest BCUT2D eigenvalue weighted by atomic mass is 19.1. The first-order valence-electron chi connectivity index (χ1n) is 7.39. The monoisotopic (exact) mass is 299 g/mol. The number of morpholine rings is 1. The van der Waals surface area contributed by atoms with Crippen LogP contribution in [0.25, 0.3) is 0 Å². The summed E-state index contributed by atoms with van der Waals surface area (Å²) in [5.41, 5.74) is 1.14. The van der Waals surface area contributed by atoms with Crippen molar-refractivity contribution in [3.05, 3.63) is 71.5 Å². The van der Waals surface area contributed by atoms with Gasteiger partial charge in [0.15, 0.2) is 0 Å². The van der Waals surface area contributed by atoms with Crippen LogP contribution in [0.15, 0.2) is 54.6 Å². The molecule has 22 heavy (non-hydrogen) atoms. The number of amides is 1. The molecule has 2 aromatic carbocycles. The van der Waals surface area contributed by atoms with Crippen molar-refractivity contribution < 1.29 is 13.9 Å². The Morgan fingerprint density at radius 2 is 1.77 bits per heavy atom. The highest BCUT2D eigenvalue weighted by Crippen LogP contribution is 2.26. The van der Waals surface area contributed by atoms with Gasteiger partial charge in [0, 0.05) is 6.54 Å². The molecule has 0 spiro atoms. The molecule has 2 atom stereocenters. The predicted molar refractivity (Wildman–Crippen MR) is 82.0 cm³/mol. The molecule has 1 amide bonds.